The summed E-state index contributed by atoms with van der Waals surface area (Å²) in [5.41, 5.74) is -0.241. The van der Waals surface area contributed by atoms with Gasteiger partial charge in [0.15, 0.2) is 23.6 Å². The Morgan fingerprint density at radius 3 is 2.55 bits per heavy atom. The van der Waals surface area contributed by atoms with Crippen LogP contribution < -0.4 is 10.1 Å². The van der Waals surface area contributed by atoms with Crippen molar-refractivity contribution in [2.24, 2.45) is 11.8 Å². The SMILES string of the molecule is CC[C@H]1C(=O)OC[C@H](NC(=O)c2ncccc2OC(C)=O)C(=O)O[C@@H](C)[C@@H]1OC(=O)C(C)C. The third-order valence-corrected chi connectivity index (χ3v) is 4.85. The van der Waals surface area contributed by atoms with Crippen molar-refractivity contribution in [3.8, 4) is 5.75 Å². The zero-order valence-corrected chi connectivity index (χ0v) is 19.2. The Morgan fingerprint density at radius 2 is 1.94 bits per heavy atom. The Balaban J connectivity index is 2.25. The first-order chi connectivity index (χ1) is 15.5. The summed E-state index contributed by atoms with van der Waals surface area (Å²) in [4.78, 5) is 65.5. The van der Waals surface area contributed by atoms with Crippen LogP contribution in [0.3, 0.4) is 0 Å². The number of ether oxygens (including phenoxy) is 4. The molecule has 0 radical (unpaired) electrons. The molecule has 11 heteroatoms. The van der Waals surface area contributed by atoms with E-state index in [0.717, 1.165) is 6.92 Å². The second-order valence-corrected chi connectivity index (χ2v) is 7.81. The van der Waals surface area contributed by atoms with Crippen LogP contribution in [0.4, 0.5) is 0 Å². The number of hydrogen-bond acceptors (Lipinski definition) is 10. The molecule has 0 bridgehead atoms. The number of aromatic nitrogens is 1. The Kier molecular flexibility index (Phi) is 8.89. The van der Waals surface area contributed by atoms with Crippen molar-refractivity contribution in [1.29, 1.82) is 0 Å². The molecule has 0 aliphatic carbocycles. The minimum absolute atomic E-state index is 0.101. The quantitative estimate of drug-likeness (QED) is 0.481. The van der Waals surface area contributed by atoms with Crippen LogP contribution in [0.15, 0.2) is 18.3 Å². The molecule has 1 saturated heterocycles. The molecule has 180 valence electrons. The molecule has 1 amide bonds. The minimum atomic E-state index is -1.37. The van der Waals surface area contributed by atoms with E-state index in [2.05, 4.69) is 10.3 Å². The number of amides is 1. The van der Waals surface area contributed by atoms with Gasteiger partial charge in [-0.15, -0.1) is 0 Å². The van der Waals surface area contributed by atoms with E-state index in [-0.39, 0.29) is 17.9 Å². The molecule has 2 heterocycles. The van der Waals surface area contributed by atoms with Gasteiger partial charge in [-0.25, -0.2) is 9.78 Å². The lowest BCUT2D eigenvalue weighted by atomic mass is 9.95. The lowest BCUT2D eigenvalue weighted by molar-refractivity contribution is -0.176. The first-order valence-electron chi connectivity index (χ1n) is 10.6. The number of hydrogen-bond donors (Lipinski definition) is 1. The number of nitrogens with zero attached hydrogens (tertiary/aromatic N) is 1. The molecular formula is C22H28N2O9. The molecule has 0 spiro atoms. The Morgan fingerprint density at radius 1 is 1.24 bits per heavy atom. The van der Waals surface area contributed by atoms with Crippen molar-refractivity contribution in [3.05, 3.63) is 24.0 Å². The van der Waals surface area contributed by atoms with E-state index in [1.54, 1.807) is 20.8 Å². The summed E-state index contributed by atoms with van der Waals surface area (Å²) in [6.07, 6.45) is -0.456. The molecule has 33 heavy (non-hydrogen) atoms. The van der Waals surface area contributed by atoms with E-state index in [9.17, 15) is 24.0 Å². The molecule has 0 unspecified atom stereocenters. The zero-order chi connectivity index (χ0) is 24.7. The van der Waals surface area contributed by atoms with Crippen LogP contribution in [0.1, 0.15) is 51.5 Å². The monoisotopic (exact) mass is 464 g/mol. The normalized spacial score (nSPS) is 23.3. The topological polar surface area (TPSA) is 147 Å². The molecule has 1 aliphatic heterocycles. The van der Waals surface area contributed by atoms with Crippen molar-refractivity contribution >= 4 is 29.8 Å². The van der Waals surface area contributed by atoms with Crippen molar-refractivity contribution in [1.82, 2.24) is 10.3 Å². The van der Waals surface area contributed by atoms with Crippen molar-refractivity contribution < 1.29 is 42.9 Å². The van der Waals surface area contributed by atoms with E-state index in [1.807, 2.05) is 0 Å². The van der Waals surface area contributed by atoms with Crippen LogP contribution in [0.2, 0.25) is 0 Å². The fourth-order valence-corrected chi connectivity index (χ4v) is 3.11. The Hall–Kier alpha value is -3.50. The average Bonchev–Trinajstić information content (AvgIpc) is 2.78. The number of esters is 4. The maximum Gasteiger partial charge on any atom is 0.332 e. The summed E-state index contributed by atoms with van der Waals surface area (Å²) in [6, 6.07) is 1.47. The van der Waals surface area contributed by atoms with Gasteiger partial charge in [0.2, 0.25) is 0 Å². The fourth-order valence-electron chi connectivity index (χ4n) is 3.11. The first-order valence-corrected chi connectivity index (χ1v) is 10.6. The summed E-state index contributed by atoms with van der Waals surface area (Å²) in [7, 11) is 0. The van der Waals surface area contributed by atoms with Crippen molar-refractivity contribution in [3.63, 3.8) is 0 Å². The van der Waals surface area contributed by atoms with Gasteiger partial charge in [-0.3, -0.25) is 19.2 Å². The zero-order valence-electron chi connectivity index (χ0n) is 19.2. The molecule has 1 aromatic heterocycles. The molecular weight excluding hydrogens is 436 g/mol. The number of nitrogens with one attached hydrogen (secondary N) is 1. The van der Waals surface area contributed by atoms with Crippen molar-refractivity contribution in [2.45, 2.75) is 59.3 Å². The van der Waals surface area contributed by atoms with E-state index in [0.29, 0.717) is 0 Å². The predicted octanol–water partition coefficient (Wildman–Crippen LogP) is 1.19. The van der Waals surface area contributed by atoms with Gasteiger partial charge in [0.25, 0.3) is 5.91 Å². The lowest BCUT2D eigenvalue weighted by Crippen LogP contribution is -2.46. The number of pyridine rings is 1. The van der Waals surface area contributed by atoms with E-state index >= 15 is 0 Å². The van der Waals surface area contributed by atoms with Gasteiger partial charge < -0.3 is 24.3 Å². The lowest BCUT2D eigenvalue weighted by Gasteiger charge is -2.29. The largest absolute Gasteiger partial charge is 0.463 e. The minimum Gasteiger partial charge on any atom is -0.463 e. The maximum atomic E-state index is 12.8. The number of carbonyl (C=O) groups is 5. The molecule has 11 nitrogen and oxygen atoms in total. The molecule has 1 fully saturated rings. The fraction of sp³-hybridized carbons (Fsp3) is 0.545. The molecule has 0 saturated carbocycles. The standard InChI is InChI=1S/C22H28N2O9/c1-6-14-18(33-20(27)11(2)3)12(4)31-22(29)15(10-30-21(14)28)24-19(26)17-16(32-13(5)25)8-7-9-23-17/h7-9,11-12,14-15,18H,6,10H2,1-5H3,(H,24,26)/t12-,14+,15-,18-/m0/s1. The first kappa shape index (κ1) is 25.8. The summed E-state index contributed by atoms with van der Waals surface area (Å²) >= 11 is 0. The third-order valence-electron chi connectivity index (χ3n) is 4.85. The molecule has 0 aromatic carbocycles. The maximum absolute atomic E-state index is 12.8. The van der Waals surface area contributed by atoms with E-state index in [4.69, 9.17) is 18.9 Å². The van der Waals surface area contributed by atoms with Crippen LogP contribution in [0, 0.1) is 11.8 Å². The van der Waals surface area contributed by atoms with Crippen LogP contribution in [-0.2, 0) is 33.4 Å². The van der Waals surface area contributed by atoms with Gasteiger partial charge in [0, 0.05) is 13.1 Å². The van der Waals surface area contributed by atoms with Crippen LogP contribution in [-0.4, -0.2) is 59.6 Å². The second kappa shape index (κ2) is 11.4. The second-order valence-electron chi connectivity index (χ2n) is 7.81. The molecule has 2 rings (SSSR count). The summed E-state index contributed by atoms with van der Waals surface area (Å²) in [5.74, 6) is -5.05. The summed E-state index contributed by atoms with van der Waals surface area (Å²) in [5, 5.41) is 2.39. The van der Waals surface area contributed by atoms with Gasteiger partial charge in [0.1, 0.15) is 12.7 Å². The Bertz CT molecular complexity index is 915. The van der Waals surface area contributed by atoms with Gasteiger partial charge in [0.05, 0.1) is 11.8 Å². The highest BCUT2D eigenvalue weighted by atomic mass is 16.6. The van der Waals surface area contributed by atoms with Gasteiger partial charge in [-0.2, -0.15) is 0 Å². The van der Waals surface area contributed by atoms with Crippen LogP contribution in [0.25, 0.3) is 0 Å². The summed E-state index contributed by atoms with van der Waals surface area (Å²) in [6.45, 7) is 7.14. The van der Waals surface area contributed by atoms with Crippen LogP contribution >= 0.6 is 0 Å². The van der Waals surface area contributed by atoms with Gasteiger partial charge in [-0.1, -0.05) is 20.8 Å². The van der Waals surface area contributed by atoms with E-state index < -0.39 is 66.5 Å². The average molecular weight is 464 g/mol. The highest BCUT2D eigenvalue weighted by Crippen LogP contribution is 2.23. The number of carbonyl (C=O) groups excluding carboxylic acids is 5. The highest BCUT2D eigenvalue weighted by Gasteiger charge is 2.41. The van der Waals surface area contributed by atoms with Crippen molar-refractivity contribution in [2.75, 3.05) is 6.61 Å². The highest BCUT2D eigenvalue weighted by molar-refractivity contribution is 5.98. The number of cyclic esters (lactones) is 2. The third kappa shape index (κ3) is 6.74. The molecule has 1 aliphatic rings. The van der Waals surface area contributed by atoms with Gasteiger partial charge in [-0.05, 0) is 25.5 Å². The molecule has 1 N–H and O–H groups in total. The van der Waals surface area contributed by atoms with Gasteiger partial charge >= 0.3 is 23.9 Å². The van der Waals surface area contributed by atoms with E-state index in [1.165, 1.54) is 25.3 Å². The summed E-state index contributed by atoms with van der Waals surface area (Å²) < 4.78 is 21.1. The molecule has 4 atom stereocenters. The smallest absolute Gasteiger partial charge is 0.332 e. The predicted molar refractivity (Wildman–Crippen MR) is 112 cm³/mol. The number of rotatable bonds is 6. The molecule has 1 aromatic rings. The Labute approximate surface area is 191 Å². The van der Waals surface area contributed by atoms with Crippen LogP contribution in [0.5, 0.6) is 5.75 Å².